The number of aromatic nitrogens is 3. The molecule has 0 aromatic carbocycles. The highest BCUT2D eigenvalue weighted by Gasteiger charge is 2.21. The fourth-order valence-electron chi connectivity index (χ4n) is 2.01. The molecule has 0 saturated carbocycles. The summed E-state index contributed by atoms with van der Waals surface area (Å²) in [4.78, 5) is 18.3. The van der Waals surface area contributed by atoms with Crippen LogP contribution in [-0.4, -0.2) is 43.8 Å². The van der Waals surface area contributed by atoms with Crippen LogP contribution in [0.25, 0.3) is 0 Å². The summed E-state index contributed by atoms with van der Waals surface area (Å²) < 4.78 is 1.79. The van der Waals surface area contributed by atoms with Crippen molar-refractivity contribution in [3.05, 3.63) is 34.0 Å². The molecule has 20 heavy (non-hydrogen) atoms. The number of hydrogen-bond acceptors (Lipinski definition) is 5. The summed E-state index contributed by atoms with van der Waals surface area (Å²) in [5.41, 5.74) is 1.43. The van der Waals surface area contributed by atoms with E-state index in [1.807, 2.05) is 19.2 Å². The molecular weight excluding hydrogens is 276 g/mol. The number of aliphatic hydroxyl groups excluding tert-OH is 1. The molecule has 0 fully saturated rings. The lowest BCUT2D eigenvalue weighted by molar-refractivity contribution is 0.0707. The molecule has 2 rings (SSSR count). The van der Waals surface area contributed by atoms with Crippen LogP contribution < -0.4 is 0 Å². The number of aliphatic hydroxyl groups is 1. The Hall–Kier alpha value is -1.73. The van der Waals surface area contributed by atoms with Gasteiger partial charge in [0.2, 0.25) is 0 Å². The Balaban J connectivity index is 2.19. The van der Waals surface area contributed by atoms with E-state index in [0.29, 0.717) is 12.1 Å². The third-order valence-electron chi connectivity index (χ3n) is 3.10. The summed E-state index contributed by atoms with van der Waals surface area (Å²) in [6.45, 7) is 5.21. The Labute approximate surface area is 121 Å². The van der Waals surface area contributed by atoms with Gasteiger partial charge in [0.25, 0.3) is 5.91 Å². The molecule has 6 nitrogen and oxygen atoms in total. The largest absolute Gasteiger partial charge is 0.395 e. The number of amides is 1. The Morgan fingerprint density at radius 1 is 1.55 bits per heavy atom. The maximum absolute atomic E-state index is 12.5. The van der Waals surface area contributed by atoms with E-state index in [2.05, 4.69) is 10.1 Å². The highest BCUT2D eigenvalue weighted by atomic mass is 32.1. The molecule has 2 heterocycles. The summed E-state index contributed by atoms with van der Waals surface area (Å²) in [6.07, 6.45) is 3.30. The number of hydrogen-bond donors (Lipinski definition) is 1. The summed E-state index contributed by atoms with van der Waals surface area (Å²) in [6, 6.07) is 0. The van der Waals surface area contributed by atoms with E-state index in [0.717, 1.165) is 17.2 Å². The summed E-state index contributed by atoms with van der Waals surface area (Å²) in [5, 5.41) is 16.1. The predicted octanol–water partition coefficient (Wildman–Crippen LogP) is 1.30. The van der Waals surface area contributed by atoms with Crippen molar-refractivity contribution in [2.45, 2.75) is 26.9 Å². The Bertz CT molecular complexity index is 565. The molecule has 0 radical (unpaired) electrons. The fraction of sp³-hybridized carbons (Fsp3) is 0.462. The minimum Gasteiger partial charge on any atom is -0.395 e. The fourth-order valence-corrected chi connectivity index (χ4v) is 2.64. The van der Waals surface area contributed by atoms with E-state index in [9.17, 15) is 4.79 Å². The second kappa shape index (κ2) is 6.62. The van der Waals surface area contributed by atoms with E-state index in [4.69, 9.17) is 5.11 Å². The number of carbonyl (C=O) groups is 1. The van der Waals surface area contributed by atoms with Crippen LogP contribution in [0, 0.1) is 6.92 Å². The van der Waals surface area contributed by atoms with E-state index in [1.54, 1.807) is 22.0 Å². The van der Waals surface area contributed by atoms with E-state index < -0.39 is 0 Å². The second-order valence-corrected chi connectivity index (χ2v) is 5.31. The van der Waals surface area contributed by atoms with Crippen LogP contribution in [0.3, 0.4) is 0 Å². The third-order valence-corrected chi connectivity index (χ3v) is 3.86. The number of carbonyl (C=O) groups excluding carboxylic acids is 1. The van der Waals surface area contributed by atoms with Gasteiger partial charge >= 0.3 is 0 Å². The van der Waals surface area contributed by atoms with Crippen LogP contribution >= 0.6 is 11.3 Å². The van der Waals surface area contributed by atoms with Gasteiger partial charge in [-0.3, -0.25) is 9.48 Å². The van der Waals surface area contributed by atoms with Crippen LogP contribution in [0.4, 0.5) is 0 Å². The van der Waals surface area contributed by atoms with Crippen LogP contribution in [0.5, 0.6) is 0 Å². The lowest BCUT2D eigenvalue weighted by Gasteiger charge is -2.20. The molecule has 0 aliphatic rings. The Morgan fingerprint density at radius 3 is 2.90 bits per heavy atom. The predicted molar refractivity (Wildman–Crippen MR) is 76.6 cm³/mol. The highest BCUT2D eigenvalue weighted by Crippen LogP contribution is 2.14. The van der Waals surface area contributed by atoms with Crippen molar-refractivity contribution in [1.82, 2.24) is 19.7 Å². The van der Waals surface area contributed by atoms with Crippen LogP contribution in [-0.2, 0) is 13.1 Å². The van der Waals surface area contributed by atoms with Gasteiger partial charge in [-0.05, 0) is 13.8 Å². The topological polar surface area (TPSA) is 71.2 Å². The van der Waals surface area contributed by atoms with Crippen molar-refractivity contribution >= 4 is 17.2 Å². The van der Waals surface area contributed by atoms with Crippen LogP contribution in [0.2, 0.25) is 0 Å². The number of thiazole rings is 1. The molecular formula is C13H18N4O2S. The van der Waals surface area contributed by atoms with Gasteiger partial charge in [0, 0.05) is 30.4 Å². The van der Waals surface area contributed by atoms with Crippen molar-refractivity contribution in [2.75, 3.05) is 13.2 Å². The first-order valence-electron chi connectivity index (χ1n) is 6.48. The standard InChI is InChI=1S/C13H18N4O2S/c1-3-17-10(2)11(8-15-17)13(19)16(5-6-18)9-12-14-4-7-20-12/h4,7-8,18H,3,5-6,9H2,1-2H3. The number of nitrogens with zero attached hydrogens (tertiary/aromatic N) is 4. The average molecular weight is 294 g/mol. The van der Waals surface area contributed by atoms with Gasteiger partial charge in [-0.15, -0.1) is 11.3 Å². The zero-order valence-corrected chi connectivity index (χ0v) is 12.4. The first-order valence-corrected chi connectivity index (χ1v) is 7.36. The normalized spacial score (nSPS) is 10.8. The lowest BCUT2D eigenvalue weighted by Crippen LogP contribution is -2.33. The highest BCUT2D eigenvalue weighted by molar-refractivity contribution is 7.09. The first-order chi connectivity index (χ1) is 9.67. The summed E-state index contributed by atoms with van der Waals surface area (Å²) >= 11 is 1.50. The van der Waals surface area contributed by atoms with Gasteiger partial charge < -0.3 is 10.0 Å². The van der Waals surface area contributed by atoms with Crippen molar-refractivity contribution < 1.29 is 9.90 Å². The molecule has 0 bridgehead atoms. The van der Waals surface area contributed by atoms with Gasteiger partial charge in [-0.1, -0.05) is 0 Å². The Kier molecular flexibility index (Phi) is 4.86. The van der Waals surface area contributed by atoms with Crippen molar-refractivity contribution in [1.29, 1.82) is 0 Å². The number of aryl methyl sites for hydroxylation is 1. The molecule has 0 aliphatic heterocycles. The molecule has 2 aromatic rings. The molecule has 1 N–H and O–H groups in total. The lowest BCUT2D eigenvalue weighted by atomic mass is 10.2. The molecule has 0 aliphatic carbocycles. The first kappa shape index (κ1) is 14.7. The molecule has 0 unspecified atom stereocenters. The van der Waals surface area contributed by atoms with Crippen molar-refractivity contribution in [3.63, 3.8) is 0 Å². The van der Waals surface area contributed by atoms with E-state index in [-0.39, 0.29) is 19.1 Å². The smallest absolute Gasteiger partial charge is 0.257 e. The van der Waals surface area contributed by atoms with Crippen molar-refractivity contribution in [2.24, 2.45) is 0 Å². The number of rotatable bonds is 6. The minimum absolute atomic E-state index is 0.0714. The van der Waals surface area contributed by atoms with Gasteiger partial charge in [0.15, 0.2) is 0 Å². The quantitative estimate of drug-likeness (QED) is 0.872. The maximum atomic E-state index is 12.5. The van der Waals surface area contributed by atoms with E-state index in [1.165, 1.54) is 11.3 Å². The zero-order valence-electron chi connectivity index (χ0n) is 11.6. The molecule has 108 valence electrons. The molecule has 0 spiro atoms. The summed E-state index contributed by atoms with van der Waals surface area (Å²) in [7, 11) is 0. The summed E-state index contributed by atoms with van der Waals surface area (Å²) in [5.74, 6) is -0.119. The average Bonchev–Trinajstić information content (AvgIpc) is 3.07. The van der Waals surface area contributed by atoms with E-state index >= 15 is 0 Å². The molecule has 0 saturated heterocycles. The van der Waals surface area contributed by atoms with Gasteiger partial charge in [0.1, 0.15) is 5.01 Å². The van der Waals surface area contributed by atoms with Gasteiger partial charge in [-0.25, -0.2) is 4.98 Å². The second-order valence-electron chi connectivity index (χ2n) is 4.34. The maximum Gasteiger partial charge on any atom is 0.257 e. The zero-order chi connectivity index (χ0) is 14.5. The third kappa shape index (κ3) is 3.05. The molecule has 0 atom stereocenters. The van der Waals surface area contributed by atoms with Crippen molar-refractivity contribution in [3.8, 4) is 0 Å². The molecule has 2 aromatic heterocycles. The molecule has 7 heteroatoms. The molecule has 1 amide bonds. The van der Waals surface area contributed by atoms with Gasteiger partial charge in [0.05, 0.1) is 24.9 Å². The van der Waals surface area contributed by atoms with Crippen LogP contribution in [0.1, 0.15) is 28.0 Å². The SMILES string of the molecule is CCn1ncc(C(=O)N(CCO)Cc2nccs2)c1C. The Morgan fingerprint density at radius 2 is 2.35 bits per heavy atom. The monoisotopic (exact) mass is 294 g/mol. The minimum atomic E-state index is -0.119. The van der Waals surface area contributed by atoms with Gasteiger partial charge in [-0.2, -0.15) is 5.10 Å². The van der Waals surface area contributed by atoms with Crippen LogP contribution in [0.15, 0.2) is 17.8 Å².